The van der Waals surface area contributed by atoms with Crippen molar-refractivity contribution < 1.29 is 49.8 Å². The number of hydrogen-bond donors (Lipinski definition) is 2. The largest absolute Gasteiger partial charge is 1.00 e. The van der Waals surface area contributed by atoms with Gasteiger partial charge in [0.15, 0.2) is 0 Å². The first-order chi connectivity index (χ1) is 18.2. The zero-order chi connectivity index (χ0) is 30.5. The van der Waals surface area contributed by atoms with E-state index in [1.54, 1.807) is 0 Å². The fourth-order valence-corrected chi connectivity index (χ4v) is 6.01. The minimum Gasteiger partial charge on any atom is -0.852 e. The van der Waals surface area contributed by atoms with Gasteiger partial charge in [-0.2, -0.15) is 10.1 Å². The first-order valence-corrected chi connectivity index (χ1v) is 14.6. The normalized spacial score (nSPS) is 21.9. The molecule has 0 saturated carbocycles. The summed E-state index contributed by atoms with van der Waals surface area (Å²) in [5, 5.41) is 34.3. The van der Waals surface area contributed by atoms with E-state index in [0.717, 1.165) is 12.8 Å². The van der Waals surface area contributed by atoms with Crippen molar-refractivity contribution in [3.63, 3.8) is 0 Å². The van der Waals surface area contributed by atoms with Gasteiger partial charge in [-0.3, -0.25) is 0 Å². The average Bonchev–Trinajstić information content (AvgIpc) is 2.82. The van der Waals surface area contributed by atoms with Crippen LogP contribution in [-0.2, 0) is 11.3 Å². The summed E-state index contributed by atoms with van der Waals surface area (Å²) in [6.07, 6.45) is 2.38. The summed E-state index contributed by atoms with van der Waals surface area (Å²) in [6, 6.07) is 16.9. The van der Waals surface area contributed by atoms with E-state index in [0.29, 0.717) is 19.4 Å². The van der Waals surface area contributed by atoms with Crippen molar-refractivity contribution in [3.05, 3.63) is 70.8 Å². The molecule has 4 rings (SSSR count). The van der Waals surface area contributed by atoms with Crippen molar-refractivity contribution in [1.29, 1.82) is 0 Å². The Morgan fingerprint density at radius 2 is 0.927 bits per heavy atom. The number of aryl methyl sites for hydroxylation is 3. The average molecular weight is 579 g/mol. The molecule has 0 aromatic heterocycles. The summed E-state index contributed by atoms with van der Waals surface area (Å²) in [4.78, 5) is 0. The van der Waals surface area contributed by atoms with Gasteiger partial charge in [-0.1, -0.05) is 65.2 Å². The van der Waals surface area contributed by atoms with E-state index in [4.69, 9.17) is 4.74 Å². The molecular weight excluding hydrogens is 523 g/mol. The Hall–Kier alpha value is -0.800. The van der Waals surface area contributed by atoms with Crippen LogP contribution in [0.3, 0.4) is 0 Å². The third-order valence-electron chi connectivity index (χ3n) is 8.03. The molecule has 2 aliphatic rings. The number of ether oxygens (including phenoxy) is 1. The Bertz CT molecular complexity index is 994. The third-order valence-corrected chi connectivity index (χ3v) is 8.03. The van der Waals surface area contributed by atoms with Crippen LogP contribution in [0.5, 0.6) is 0 Å². The molecule has 2 fully saturated rings. The van der Waals surface area contributed by atoms with Gasteiger partial charge in [-0.25, -0.2) is 0 Å². The van der Waals surface area contributed by atoms with Crippen LogP contribution in [0.4, 0.5) is 0 Å². The molecule has 2 saturated heterocycles. The van der Waals surface area contributed by atoms with E-state index in [9.17, 15) is 15.5 Å². The van der Waals surface area contributed by atoms with Crippen molar-refractivity contribution in [2.24, 2.45) is 0 Å². The van der Waals surface area contributed by atoms with Gasteiger partial charge in [-0.05, 0) is 107 Å². The van der Waals surface area contributed by atoms with Crippen LogP contribution in [0.1, 0.15) is 103 Å². The van der Waals surface area contributed by atoms with Crippen LogP contribution in [-0.4, -0.2) is 54.9 Å². The molecule has 2 aliphatic heterocycles. The van der Waals surface area contributed by atoms with Gasteiger partial charge in [0, 0.05) is 22.2 Å². The molecule has 0 radical (unpaired) electrons. The number of hydroxylamine groups is 4. The van der Waals surface area contributed by atoms with Crippen molar-refractivity contribution in [2.75, 3.05) is 0 Å². The third kappa shape index (κ3) is 11.7. The van der Waals surface area contributed by atoms with Crippen LogP contribution in [0.2, 0.25) is 0 Å². The number of nitrogens with zero attached hydrogens (tertiary/aromatic N) is 2. The maximum absolute atomic E-state index is 11.4. The fraction of sp³-hybridized carbons (Fsp3) is 0.647. The molecule has 6 nitrogen and oxygen atoms in total. The molecule has 0 atom stereocenters. The van der Waals surface area contributed by atoms with Crippen LogP contribution in [0, 0.1) is 20.8 Å². The van der Waals surface area contributed by atoms with Gasteiger partial charge in [0.2, 0.25) is 0 Å². The van der Waals surface area contributed by atoms with Gasteiger partial charge < -0.3 is 20.3 Å². The van der Waals surface area contributed by atoms with Gasteiger partial charge in [0.05, 0.1) is 12.7 Å². The second kappa shape index (κ2) is 15.3. The van der Waals surface area contributed by atoms with E-state index in [2.05, 4.69) is 97.0 Å². The quantitative estimate of drug-likeness (QED) is 0.537. The van der Waals surface area contributed by atoms with Gasteiger partial charge >= 0.3 is 29.6 Å². The van der Waals surface area contributed by atoms with E-state index < -0.39 is 6.10 Å². The monoisotopic (exact) mass is 578 g/mol. The van der Waals surface area contributed by atoms with E-state index in [1.165, 1.54) is 32.4 Å². The molecule has 0 bridgehead atoms. The predicted octanol–water partition coefficient (Wildman–Crippen LogP) is 3.99. The standard InChI is InChI=1S/C17H27NO2.C9H18NO2.C8H10.Na/c1-13-6-8-14(9-7-13)12-20-15-10-16(2,3)18(19)17(4,5)11-15;1-8(2)5-7(11)6-9(3,4)10(8)12;1-7-3-5-8(2)6-4-7;/h6-9,15,19H,10-12H2,1-5H3;7,12H,5-6H2,1-4H3;3-6H,1-2H3;/q;-1;;+1. The summed E-state index contributed by atoms with van der Waals surface area (Å²) in [5.74, 6) is 0. The number of hydrogen-bond acceptors (Lipinski definition) is 6. The summed E-state index contributed by atoms with van der Waals surface area (Å²) >= 11 is 0. The summed E-state index contributed by atoms with van der Waals surface area (Å²) in [6.45, 7) is 22.8. The second-order valence-electron chi connectivity index (χ2n) is 14.4. The molecule has 0 aliphatic carbocycles. The Balaban J connectivity index is 0.000000340. The fourth-order valence-electron chi connectivity index (χ4n) is 6.01. The van der Waals surface area contributed by atoms with Crippen molar-refractivity contribution in [3.8, 4) is 0 Å². The first-order valence-electron chi connectivity index (χ1n) is 14.6. The molecular formula is C34H55N2NaO4. The number of rotatable bonds is 3. The predicted molar refractivity (Wildman–Crippen MR) is 161 cm³/mol. The Labute approximate surface area is 272 Å². The van der Waals surface area contributed by atoms with Gasteiger partial charge in [-0.15, -0.1) is 6.10 Å². The summed E-state index contributed by atoms with van der Waals surface area (Å²) < 4.78 is 6.09. The summed E-state index contributed by atoms with van der Waals surface area (Å²) in [5.41, 5.74) is 3.87. The molecule has 2 heterocycles. The van der Waals surface area contributed by atoms with Crippen molar-refractivity contribution >= 4 is 0 Å². The molecule has 41 heavy (non-hydrogen) atoms. The van der Waals surface area contributed by atoms with Gasteiger partial charge in [0.1, 0.15) is 0 Å². The number of benzene rings is 2. The minimum absolute atomic E-state index is 0. The Kier molecular flexibility index (Phi) is 14.2. The molecule has 0 unspecified atom stereocenters. The molecule has 0 amide bonds. The van der Waals surface area contributed by atoms with Crippen LogP contribution in [0.25, 0.3) is 0 Å². The molecule has 7 heteroatoms. The van der Waals surface area contributed by atoms with Crippen LogP contribution < -0.4 is 34.7 Å². The first kappa shape index (κ1) is 38.2. The van der Waals surface area contributed by atoms with Crippen LogP contribution in [0.15, 0.2) is 48.5 Å². The molecule has 2 N–H and O–H groups in total. The van der Waals surface area contributed by atoms with Gasteiger partial charge in [0.25, 0.3) is 0 Å². The summed E-state index contributed by atoms with van der Waals surface area (Å²) in [7, 11) is 0. The van der Waals surface area contributed by atoms with E-state index in [-0.39, 0.29) is 57.8 Å². The SMILES string of the molecule is CC1(C)CC([O-])CC(C)(C)N1O.Cc1ccc(C)cc1.Cc1ccc(COC2CC(C)(C)N(O)C(C)(C)C2)cc1.[Na+]. The smallest absolute Gasteiger partial charge is 0.852 e. The maximum Gasteiger partial charge on any atom is 1.00 e. The minimum atomic E-state index is -0.543. The Morgan fingerprint density at radius 1 is 0.634 bits per heavy atom. The molecule has 0 spiro atoms. The zero-order valence-corrected chi connectivity index (χ0v) is 29.9. The van der Waals surface area contributed by atoms with E-state index >= 15 is 0 Å². The molecule has 2 aromatic carbocycles. The number of piperidine rings is 2. The zero-order valence-electron chi connectivity index (χ0n) is 27.9. The molecule has 2 aromatic rings. The molecule has 226 valence electrons. The van der Waals surface area contributed by atoms with Crippen LogP contribution >= 0.6 is 0 Å². The van der Waals surface area contributed by atoms with Crippen molar-refractivity contribution in [1.82, 2.24) is 10.1 Å². The maximum atomic E-state index is 11.4. The second-order valence-corrected chi connectivity index (χ2v) is 14.4. The van der Waals surface area contributed by atoms with E-state index in [1.807, 2.05) is 27.7 Å². The Morgan fingerprint density at radius 3 is 1.27 bits per heavy atom. The van der Waals surface area contributed by atoms with Crippen molar-refractivity contribution in [2.45, 2.75) is 143 Å². The topological polar surface area (TPSA) is 79.2 Å².